The van der Waals surface area contributed by atoms with Crippen LogP contribution in [0.25, 0.3) is 0 Å². The van der Waals surface area contributed by atoms with Gasteiger partial charge in [-0.3, -0.25) is 0 Å². The van der Waals surface area contributed by atoms with E-state index in [9.17, 15) is 9.59 Å². The Morgan fingerprint density at radius 3 is 2.27 bits per heavy atom. The van der Waals surface area contributed by atoms with Crippen LogP contribution >= 0.6 is 0 Å². The van der Waals surface area contributed by atoms with Crippen molar-refractivity contribution in [3.05, 3.63) is 12.2 Å². The van der Waals surface area contributed by atoms with Gasteiger partial charge in [-0.05, 0) is 0 Å². The summed E-state index contributed by atoms with van der Waals surface area (Å²) in [5.74, 6) is -1.89. The van der Waals surface area contributed by atoms with Crippen molar-refractivity contribution >= 4 is 11.9 Å². The third kappa shape index (κ3) is 6.53. The van der Waals surface area contributed by atoms with Gasteiger partial charge < -0.3 is 9.94 Å². The molecule has 0 aliphatic rings. The summed E-state index contributed by atoms with van der Waals surface area (Å²) in [7, 11) is 3.04. The molecule has 0 fully saturated rings. The topological polar surface area (TPSA) is 66.8 Å². The van der Waals surface area contributed by atoms with Gasteiger partial charge in [-0.1, -0.05) is 0 Å². The SMILES string of the molecule is CN(C)OC(=O)/C=C/C(=O)O. The Balaban J connectivity index is 3.78. The molecule has 0 radical (unpaired) electrons. The highest BCUT2D eigenvalue weighted by Crippen LogP contribution is 1.83. The number of carbonyl (C=O) groups is 2. The van der Waals surface area contributed by atoms with Crippen LogP contribution < -0.4 is 0 Å². The molecule has 1 N–H and O–H groups in total. The molecule has 0 bridgehead atoms. The maximum atomic E-state index is 10.5. The van der Waals surface area contributed by atoms with E-state index >= 15 is 0 Å². The second-order valence-corrected chi connectivity index (χ2v) is 1.89. The zero-order chi connectivity index (χ0) is 8.85. The molecule has 11 heavy (non-hydrogen) atoms. The molecule has 0 aromatic carbocycles. The fourth-order valence-corrected chi connectivity index (χ4v) is 0.350. The predicted octanol–water partition coefficient (Wildman–Crippen LogP) is -0.353. The lowest BCUT2D eigenvalue weighted by Gasteiger charge is -2.06. The molecule has 0 amide bonds. The van der Waals surface area contributed by atoms with E-state index in [1.807, 2.05) is 0 Å². The van der Waals surface area contributed by atoms with E-state index < -0.39 is 11.9 Å². The lowest BCUT2D eigenvalue weighted by atomic mass is 10.5. The van der Waals surface area contributed by atoms with Crippen LogP contribution in [0.4, 0.5) is 0 Å². The summed E-state index contributed by atoms with van der Waals surface area (Å²) in [6.07, 6.45) is 1.55. The lowest BCUT2D eigenvalue weighted by Crippen LogP contribution is -2.16. The van der Waals surface area contributed by atoms with Crippen molar-refractivity contribution in [1.82, 2.24) is 5.06 Å². The zero-order valence-electron chi connectivity index (χ0n) is 6.27. The fourth-order valence-electron chi connectivity index (χ4n) is 0.350. The maximum Gasteiger partial charge on any atom is 0.349 e. The van der Waals surface area contributed by atoms with Crippen molar-refractivity contribution in [3.63, 3.8) is 0 Å². The van der Waals surface area contributed by atoms with Gasteiger partial charge >= 0.3 is 11.9 Å². The first-order valence-electron chi connectivity index (χ1n) is 2.82. The van der Waals surface area contributed by atoms with E-state index in [-0.39, 0.29) is 0 Å². The van der Waals surface area contributed by atoms with Crippen LogP contribution in [0.5, 0.6) is 0 Å². The average molecular weight is 159 g/mol. The number of carbonyl (C=O) groups excluding carboxylic acids is 1. The molecule has 0 atom stereocenters. The van der Waals surface area contributed by atoms with Gasteiger partial charge in [0.1, 0.15) is 0 Å². The summed E-state index contributed by atoms with van der Waals surface area (Å²) >= 11 is 0. The molecular formula is C6H9NO4. The van der Waals surface area contributed by atoms with E-state index in [1.54, 1.807) is 0 Å². The summed E-state index contributed by atoms with van der Waals surface area (Å²) < 4.78 is 0. The van der Waals surface area contributed by atoms with Gasteiger partial charge in [0.25, 0.3) is 0 Å². The number of hydroxylamine groups is 2. The molecule has 0 aliphatic carbocycles. The molecule has 0 heterocycles. The highest BCUT2D eigenvalue weighted by atomic mass is 16.7. The number of carboxylic acids is 1. The van der Waals surface area contributed by atoms with Gasteiger partial charge in [0.15, 0.2) is 0 Å². The van der Waals surface area contributed by atoms with Crippen molar-refractivity contribution < 1.29 is 19.5 Å². The molecular weight excluding hydrogens is 150 g/mol. The Kier molecular flexibility index (Phi) is 3.90. The molecule has 0 saturated carbocycles. The number of carboxylic acid groups (broad SMARTS) is 1. The monoisotopic (exact) mass is 159 g/mol. The molecule has 0 saturated heterocycles. The normalized spacial score (nSPS) is 10.5. The van der Waals surface area contributed by atoms with Gasteiger partial charge in [0, 0.05) is 26.2 Å². The summed E-state index contributed by atoms with van der Waals surface area (Å²) in [6, 6.07) is 0. The van der Waals surface area contributed by atoms with Crippen LogP contribution in [0.15, 0.2) is 12.2 Å². The van der Waals surface area contributed by atoms with Crippen molar-refractivity contribution in [2.75, 3.05) is 14.1 Å². The highest BCUT2D eigenvalue weighted by Gasteiger charge is 1.98. The summed E-state index contributed by atoms with van der Waals surface area (Å²) in [6.45, 7) is 0. The lowest BCUT2D eigenvalue weighted by molar-refractivity contribution is -0.171. The van der Waals surface area contributed by atoms with Gasteiger partial charge in [-0.25, -0.2) is 9.59 Å². The van der Waals surface area contributed by atoms with E-state index in [0.29, 0.717) is 6.08 Å². The minimum atomic E-state index is -1.18. The summed E-state index contributed by atoms with van der Waals surface area (Å²) in [4.78, 5) is 24.9. The molecule has 0 aromatic heterocycles. The summed E-state index contributed by atoms with van der Waals surface area (Å²) in [5.41, 5.74) is 0. The van der Waals surface area contributed by atoms with Crippen LogP contribution in [0.2, 0.25) is 0 Å². The van der Waals surface area contributed by atoms with Crippen LogP contribution in [-0.4, -0.2) is 36.2 Å². The van der Waals surface area contributed by atoms with Crippen molar-refractivity contribution in [3.8, 4) is 0 Å². The van der Waals surface area contributed by atoms with E-state index in [0.717, 1.165) is 6.08 Å². The van der Waals surface area contributed by atoms with Crippen molar-refractivity contribution in [2.45, 2.75) is 0 Å². The highest BCUT2D eigenvalue weighted by molar-refractivity contribution is 5.90. The first kappa shape index (κ1) is 9.64. The van der Waals surface area contributed by atoms with E-state index in [1.165, 1.54) is 19.2 Å². The average Bonchev–Trinajstić information content (AvgIpc) is 1.82. The van der Waals surface area contributed by atoms with Crippen LogP contribution in [0, 0.1) is 0 Å². The maximum absolute atomic E-state index is 10.5. The number of hydrogen-bond donors (Lipinski definition) is 1. The van der Waals surface area contributed by atoms with Crippen molar-refractivity contribution in [1.29, 1.82) is 0 Å². The number of aliphatic carboxylic acids is 1. The first-order valence-corrected chi connectivity index (χ1v) is 2.82. The van der Waals surface area contributed by atoms with E-state index in [2.05, 4.69) is 4.84 Å². The third-order valence-corrected chi connectivity index (χ3v) is 0.635. The molecule has 0 spiro atoms. The fraction of sp³-hybridized carbons (Fsp3) is 0.333. The zero-order valence-corrected chi connectivity index (χ0v) is 6.27. The minimum Gasteiger partial charge on any atom is -0.478 e. The molecule has 5 heteroatoms. The van der Waals surface area contributed by atoms with E-state index in [4.69, 9.17) is 5.11 Å². The summed E-state index contributed by atoms with van der Waals surface area (Å²) in [5, 5.41) is 9.26. The van der Waals surface area contributed by atoms with Gasteiger partial charge in [0.2, 0.25) is 0 Å². The standard InChI is InChI=1S/C6H9NO4/c1-7(2)11-6(10)4-3-5(8)9/h3-4H,1-2H3,(H,8,9)/b4-3+. The Morgan fingerprint density at radius 1 is 1.36 bits per heavy atom. The van der Waals surface area contributed by atoms with Gasteiger partial charge in [-0.2, -0.15) is 0 Å². The van der Waals surface area contributed by atoms with Crippen molar-refractivity contribution in [2.24, 2.45) is 0 Å². The number of hydrogen-bond acceptors (Lipinski definition) is 4. The molecule has 0 unspecified atom stereocenters. The Labute approximate surface area is 63.8 Å². The molecule has 0 rings (SSSR count). The second-order valence-electron chi connectivity index (χ2n) is 1.89. The largest absolute Gasteiger partial charge is 0.478 e. The van der Waals surface area contributed by atoms with Crippen LogP contribution in [0.3, 0.4) is 0 Å². The van der Waals surface area contributed by atoms with Gasteiger partial charge in [0.05, 0.1) is 0 Å². The van der Waals surface area contributed by atoms with Crippen LogP contribution in [0.1, 0.15) is 0 Å². The predicted molar refractivity (Wildman–Crippen MR) is 36.6 cm³/mol. The smallest absolute Gasteiger partial charge is 0.349 e. The van der Waals surface area contributed by atoms with Crippen LogP contribution in [-0.2, 0) is 14.4 Å². The Morgan fingerprint density at radius 2 is 1.91 bits per heavy atom. The molecule has 0 aromatic rings. The van der Waals surface area contributed by atoms with Gasteiger partial charge in [-0.15, -0.1) is 5.06 Å². The number of rotatable bonds is 3. The number of nitrogens with zero attached hydrogens (tertiary/aromatic N) is 1. The minimum absolute atomic E-state index is 0.711. The quantitative estimate of drug-likeness (QED) is 0.450. The molecule has 62 valence electrons. The first-order chi connectivity index (χ1) is 5.02. The molecule has 0 aliphatic heterocycles. The third-order valence-electron chi connectivity index (χ3n) is 0.635. The second kappa shape index (κ2) is 4.45. The Bertz CT molecular complexity index is 185. The Hall–Kier alpha value is -1.36. The molecule has 5 nitrogen and oxygen atoms in total.